The van der Waals surface area contributed by atoms with Gasteiger partial charge in [-0.3, -0.25) is 0 Å². The summed E-state index contributed by atoms with van der Waals surface area (Å²) in [6, 6.07) is 7.70. The van der Waals surface area contributed by atoms with Gasteiger partial charge in [0.15, 0.2) is 0 Å². The zero-order chi connectivity index (χ0) is 16.3. The molecule has 2 heterocycles. The third-order valence-electron chi connectivity index (χ3n) is 3.76. The Morgan fingerprint density at radius 3 is 2.70 bits per heavy atom. The standard InChI is InChI=1S/C16H19F2N3O2/c1-2-11-22-13-6-4-3-5-12(13)14-19-20-15(23-14)21-9-7-16(17,18)8-10-21/h3-6H,2,7-11H2,1H3. The van der Waals surface area contributed by atoms with Gasteiger partial charge in [-0.05, 0) is 18.6 Å². The lowest BCUT2D eigenvalue weighted by molar-refractivity contribution is -0.0226. The molecule has 1 saturated heterocycles. The lowest BCUT2D eigenvalue weighted by atomic mass is 10.1. The van der Waals surface area contributed by atoms with Crippen LogP contribution in [-0.2, 0) is 0 Å². The molecule has 0 spiro atoms. The number of para-hydroxylation sites is 1. The predicted molar refractivity (Wildman–Crippen MR) is 81.9 cm³/mol. The first-order valence-corrected chi connectivity index (χ1v) is 7.77. The third kappa shape index (κ3) is 3.60. The Morgan fingerprint density at radius 1 is 1.22 bits per heavy atom. The van der Waals surface area contributed by atoms with Crippen molar-refractivity contribution in [3.8, 4) is 17.2 Å². The van der Waals surface area contributed by atoms with Crippen LogP contribution in [0.1, 0.15) is 26.2 Å². The van der Waals surface area contributed by atoms with E-state index in [4.69, 9.17) is 9.15 Å². The molecule has 1 aliphatic rings. The number of aromatic nitrogens is 2. The molecule has 1 aromatic carbocycles. The third-order valence-corrected chi connectivity index (χ3v) is 3.76. The second kappa shape index (κ2) is 6.52. The quantitative estimate of drug-likeness (QED) is 0.838. The molecule has 0 aliphatic carbocycles. The lowest BCUT2D eigenvalue weighted by Gasteiger charge is -2.30. The highest BCUT2D eigenvalue weighted by Crippen LogP contribution is 2.33. The van der Waals surface area contributed by atoms with Crippen molar-refractivity contribution in [3.05, 3.63) is 24.3 Å². The van der Waals surface area contributed by atoms with E-state index in [-0.39, 0.29) is 31.9 Å². The maximum Gasteiger partial charge on any atom is 0.318 e. The molecule has 2 aromatic rings. The van der Waals surface area contributed by atoms with E-state index in [1.165, 1.54) is 0 Å². The maximum absolute atomic E-state index is 13.2. The number of halogens is 2. The molecule has 1 fully saturated rings. The van der Waals surface area contributed by atoms with Crippen molar-refractivity contribution in [2.24, 2.45) is 0 Å². The molecule has 0 saturated carbocycles. The van der Waals surface area contributed by atoms with Crippen molar-refractivity contribution in [1.82, 2.24) is 10.2 Å². The number of hydrogen-bond acceptors (Lipinski definition) is 5. The van der Waals surface area contributed by atoms with E-state index in [2.05, 4.69) is 10.2 Å². The van der Waals surface area contributed by atoms with Gasteiger partial charge >= 0.3 is 6.01 Å². The molecular weight excluding hydrogens is 304 g/mol. The number of nitrogens with zero attached hydrogens (tertiary/aromatic N) is 3. The van der Waals surface area contributed by atoms with E-state index in [1.807, 2.05) is 31.2 Å². The summed E-state index contributed by atoms with van der Waals surface area (Å²) in [4.78, 5) is 1.70. The molecule has 7 heteroatoms. The van der Waals surface area contributed by atoms with Crippen LogP contribution in [0, 0.1) is 0 Å². The highest BCUT2D eigenvalue weighted by molar-refractivity contribution is 5.62. The Kier molecular flexibility index (Phi) is 4.45. The zero-order valence-corrected chi connectivity index (χ0v) is 13.0. The Hall–Kier alpha value is -2.18. The van der Waals surface area contributed by atoms with Crippen LogP contribution in [0.2, 0.25) is 0 Å². The molecule has 0 N–H and O–H groups in total. The van der Waals surface area contributed by atoms with Crippen LogP contribution in [0.3, 0.4) is 0 Å². The number of hydrogen-bond donors (Lipinski definition) is 0. The average Bonchev–Trinajstić information content (AvgIpc) is 3.03. The second-order valence-corrected chi connectivity index (χ2v) is 5.58. The van der Waals surface area contributed by atoms with Gasteiger partial charge in [0.25, 0.3) is 11.8 Å². The molecule has 124 valence electrons. The number of piperidine rings is 1. The number of benzene rings is 1. The summed E-state index contributed by atoms with van der Waals surface area (Å²) in [5, 5.41) is 8.04. The van der Waals surface area contributed by atoms with E-state index < -0.39 is 5.92 Å². The molecule has 0 atom stereocenters. The van der Waals surface area contributed by atoms with Gasteiger partial charge in [0, 0.05) is 25.9 Å². The van der Waals surface area contributed by atoms with Crippen molar-refractivity contribution in [2.75, 3.05) is 24.6 Å². The maximum atomic E-state index is 13.2. The normalized spacial score (nSPS) is 17.3. The highest BCUT2D eigenvalue weighted by Gasteiger charge is 2.35. The zero-order valence-electron chi connectivity index (χ0n) is 13.0. The van der Waals surface area contributed by atoms with Crippen LogP contribution in [0.5, 0.6) is 5.75 Å². The lowest BCUT2D eigenvalue weighted by Crippen LogP contribution is -2.39. The van der Waals surface area contributed by atoms with Gasteiger partial charge in [-0.1, -0.05) is 24.2 Å². The van der Waals surface area contributed by atoms with Gasteiger partial charge in [0.1, 0.15) is 5.75 Å². The van der Waals surface area contributed by atoms with Gasteiger partial charge in [-0.15, -0.1) is 5.10 Å². The largest absolute Gasteiger partial charge is 0.493 e. The summed E-state index contributed by atoms with van der Waals surface area (Å²) in [6.45, 7) is 3.05. The average molecular weight is 323 g/mol. The van der Waals surface area contributed by atoms with Gasteiger partial charge in [0.2, 0.25) is 0 Å². The minimum Gasteiger partial charge on any atom is -0.493 e. The monoisotopic (exact) mass is 323 g/mol. The second-order valence-electron chi connectivity index (χ2n) is 5.58. The first-order valence-electron chi connectivity index (χ1n) is 7.77. The topological polar surface area (TPSA) is 51.4 Å². The first kappa shape index (κ1) is 15.7. The van der Waals surface area contributed by atoms with E-state index in [0.717, 1.165) is 6.42 Å². The molecule has 1 aliphatic heterocycles. The summed E-state index contributed by atoms with van der Waals surface area (Å²) in [5.74, 6) is -1.58. The summed E-state index contributed by atoms with van der Waals surface area (Å²) >= 11 is 0. The van der Waals surface area contributed by atoms with E-state index in [0.29, 0.717) is 23.8 Å². The minimum absolute atomic E-state index is 0.194. The summed E-state index contributed by atoms with van der Waals surface area (Å²) in [5.41, 5.74) is 0.710. The number of ether oxygens (including phenoxy) is 1. The fourth-order valence-electron chi connectivity index (χ4n) is 2.46. The number of alkyl halides is 2. The molecule has 1 aromatic heterocycles. The Labute approximate surface area is 133 Å². The Bertz CT molecular complexity index is 650. The van der Waals surface area contributed by atoms with Crippen molar-refractivity contribution in [3.63, 3.8) is 0 Å². The Balaban J connectivity index is 1.77. The number of rotatable bonds is 5. The summed E-state index contributed by atoms with van der Waals surface area (Å²) in [6.07, 6.45) is 0.507. The predicted octanol–water partition coefficient (Wildman–Crippen LogP) is 3.76. The van der Waals surface area contributed by atoms with Gasteiger partial charge in [-0.25, -0.2) is 8.78 Å². The molecule has 0 unspecified atom stereocenters. The van der Waals surface area contributed by atoms with E-state index >= 15 is 0 Å². The molecule has 5 nitrogen and oxygen atoms in total. The molecule has 0 bridgehead atoms. The molecule has 0 radical (unpaired) electrons. The van der Waals surface area contributed by atoms with E-state index in [1.54, 1.807) is 4.90 Å². The van der Waals surface area contributed by atoms with Gasteiger partial charge < -0.3 is 14.1 Å². The molecule has 3 rings (SSSR count). The summed E-state index contributed by atoms with van der Waals surface area (Å²) in [7, 11) is 0. The summed E-state index contributed by atoms with van der Waals surface area (Å²) < 4.78 is 37.8. The SMILES string of the molecule is CCCOc1ccccc1-c1nnc(N2CCC(F)(F)CC2)o1. The molecule has 0 amide bonds. The van der Waals surface area contributed by atoms with Gasteiger partial charge in [-0.2, -0.15) is 0 Å². The molecule has 23 heavy (non-hydrogen) atoms. The first-order chi connectivity index (χ1) is 11.1. The smallest absolute Gasteiger partial charge is 0.318 e. The van der Waals surface area contributed by atoms with E-state index in [9.17, 15) is 8.78 Å². The Morgan fingerprint density at radius 2 is 1.96 bits per heavy atom. The van der Waals surface area contributed by atoms with Crippen molar-refractivity contribution >= 4 is 6.01 Å². The van der Waals surface area contributed by atoms with Crippen LogP contribution in [0.25, 0.3) is 11.5 Å². The number of anilines is 1. The van der Waals surface area contributed by atoms with Crippen molar-refractivity contribution in [2.45, 2.75) is 32.1 Å². The van der Waals surface area contributed by atoms with Crippen molar-refractivity contribution < 1.29 is 17.9 Å². The van der Waals surface area contributed by atoms with Crippen LogP contribution in [-0.4, -0.2) is 35.8 Å². The fourth-order valence-corrected chi connectivity index (χ4v) is 2.46. The van der Waals surface area contributed by atoms with Crippen LogP contribution < -0.4 is 9.64 Å². The van der Waals surface area contributed by atoms with Crippen LogP contribution in [0.15, 0.2) is 28.7 Å². The fraction of sp³-hybridized carbons (Fsp3) is 0.500. The van der Waals surface area contributed by atoms with Gasteiger partial charge in [0.05, 0.1) is 12.2 Å². The molecular formula is C16H19F2N3O2. The van der Waals surface area contributed by atoms with Crippen LogP contribution >= 0.6 is 0 Å². The highest BCUT2D eigenvalue weighted by atomic mass is 19.3. The van der Waals surface area contributed by atoms with Crippen molar-refractivity contribution in [1.29, 1.82) is 0 Å². The minimum atomic E-state index is -2.60. The van der Waals surface area contributed by atoms with Crippen LogP contribution in [0.4, 0.5) is 14.8 Å².